The zero-order valence-electron chi connectivity index (χ0n) is 15.3. The summed E-state index contributed by atoms with van der Waals surface area (Å²) in [6, 6.07) is 11.6. The maximum absolute atomic E-state index is 13.0. The maximum Gasteiger partial charge on any atom is 0.258 e. The molecule has 0 aromatic heterocycles. The molecule has 3 rings (SSSR count). The highest BCUT2D eigenvalue weighted by Crippen LogP contribution is 2.16. The number of ether oxygens (including phenoxy) is 1. The van der Waals surface area contributed by atoms with Gasteiger partial charge in [-0.15, -0.1) is 0 Å². The lowest BCUT2D eigenvalue weighted by atomic mass is 10.0. The number of ketones is 1. The van der Waals surface area contributed by atoms with E-state index in [-0.39, 0.29) is 30.7 Å². The van der Waals surface area contributed by atoms with Gasteiger partial charge in [0.2, 0.25) is 5.91 Å². The molecule has 7 heteroatoms. The van der Waals surface area contributed by atoms with E-state index in [1.807, 2.05) is 0 Å². The van der Waals surface area contributed by atoms with Crippen LogP contribution < -0.4 is 10.1 Å². The SMILES string of the molecule is O=C(COc1ccc(C(=O)c2ccc(F)cc2)cc1)NCC(=O)N1CCCC1. The average Bonchev–Trinajstić information content (AvgIpc) is 3.26. The summed E-state index contributed by atoms with van der Waals surface area (Å²) in [7, 11) is 0. The molecule has 1 aliphatic heterocycles. The van der Waals surface area contributed by atoms with Gasteiger partial charge in [-0.1, -0.05) is 0 Å². The summed E-state index contributed by atoms with van der Waals surface area (Å²) in [5.74, 6) is -0.685. The van der Waals surface area contributed by atoms with E-state index in [9.17, 15) is 18.8 Å². The van der Waals surface area contributed by atoms with E-state index in [1.165, 1.54) is 24.3 Å². The van der Waals surface area contributed by atoms with Crippen LogP contribution >= 0.6 is 0 Å². The zero-order chi connectivity index (χ0) is 19.9. The largest absolute Gasteiger partial charge is 0.484 e. The minimum atomic E-state index is -0.402. The van der Waals surface area contributed by atoms with Crippen LogP contribution in [0.25, 0.3) is 0 Å². The minimum Gasteiger partial charge on any atom is -0.484 e. The van der Waals surface area contributed by atoms with Crippen LogP contribution in [0.2, 0.25) is 0 Å². The molecule has 0 saturated carbocycles. The summed E-state index contributed by atoms with van der Waals surface area (Å²) in [5.41, 5.74) is 0.816. The van der Waals surface area contributed by atoms with Crippen LogP contribution in [0, 0.1) is 5.82 Å². The normalized spacial score (nSPS) is 13.2. The van der Waals surface area contributed by atoms with Crippen LogP contribution in [0.1, 0.15) is 28.8 Å². The third kappa shape index (κ3) is 5.16. The molecule has 1 saturated heterocycles. The number of benzene rings is 2. The Morgan fingerprint density at radius 3 is 2.11 bits per heavy atom. The molecule has 0 aliphatic carbocycles. The number of hydrogen-bond donors (Lipinski definition) is 1. The molecule has 2 aromatic carbocycles. The number of likely N-dealkylation sites (tertiary alicyclic amines) is 1. The summed E-state index contributed by atoms with van der Waals surface area (Å²) in [4.78, 5) is 37.8. The molecule has 0 bridgehead atoms. The van der Waals surface area contributed by atoms with E-state index in [0.29, 0.717) is 16.9 Å². The Bertz CT molecular complexity index is 844. The van der Waals surface area contributed by atoms with Gasteiger partial charge in [0.25, 0.3) is 5.91 Å². The summed E-state index contributed by atoms with van der Waals surface area (Å²) >= 11 is 0. The molecule has 1 aliphatic rings. The molecular weight excluding hydrogens is 363 g/mol. The van der Waals surface area contributed by atoms with Gasteiger partial charge < -0.3 is 15.0 Å². The molecule has 1 heterocycles. The fourth-order valence-corrected chi connectivity index (χ4v) is 2.92. The topological polar surface area (TPSA) is 75.7 Å². The summed E-state index contributed by atoms with van der Waals surface area (Å²) in [6.07, 6.45) is 2.00. The minimum absolute atomic E-state index is 0.0344. The Balaban J connectivity index is 1.46. The van der Waals surface area contributed by atoms with Gasteiger partial charge in [0, 0.05) is 24.2 Å². The van der Waals surface area contributed by atoms with Crippen molar-refractivity contribution in [2.75, 3.05) is 26.2 Å². The lowest BCUT2D eigenvalue weighted by molar-refractivity contribution is -0.132. The van der Waals surface area contributed by atoms with Crippen molar-refractivity contribution in [1.29, 1.82) is 0 Å². The number of nitrogens with zero attached hydrogens (tertiary/aromatic N) is 1. The number of carbonyl (C=O) groups is 3. The van der Waals surface area contributed by atoms with Crippen LogP contribution in [0.4, 0.5) is 4.39 Å². The number of rotatable bonds is 7. The van der Waals surface area contributed by atoms with Crippen molar-refractivity contribution >= 4 is 17.6 Å². The Morgan fingerprint density at radius 2 is 1.50 bits per heavy atom. The van der Waals surface area contributed by atoms with Crippen molar-refractivity contribution in [3.8, 4) is 5.75 Å². The standard InChI is InChI=1S/C21H21FN2O4/c22-17-7-3-15(4-8-17)21(27)16-5-9-18(10-6-16)28-14-19(25)23-13-20(26)24-11-1-2-12-24/h3-10H,1-2,11-14H2,(H,23,25). The van der Waals surface area contributed by atoms with Crippen molar-refractivity contribution in [2.24, 2.45) is 0 Å². The highest BCUT2D eigenvalue weighted by atomic mass is 19.1. The summed E-state index contributed by atoms with van der Waals surface area (Å²) in [6.45, 7) is 1.23. The van der Waals surface area contributed by atoms with E-state index in [4.69, 9.17) is 4.74 Å². The first-order valence-corrected chi connectivity index (χ1v) is 9.10. The van der Waals surface area contributed by atoms with Crippen LogP contribution in [0.5, 0.6) is 5.75 Å². The third-order valence-electron chi connectivity index (χ3n) is 4.49. The number of hydrogen-bond acceptors (Lipinski definition) is 4. The lowest BCUT2D eigenvalue weighted by Crippen LogP contribution is -2.40. The van der Waals surface area contributed by atoms with E-state index < -0.39 is 5.82 Å². The van der Waals surface area contributed by atoms with E-state index >= 15 is 0 Å². The first kappa shape index (κ1) is 19.5. The summed E-state index contributed by atoms with van der Waals surface area (Å²) < 4.78 is 18.3. The zero-order valence-corrected chi connectivity index (χ0v) is 15.3. The highest BCUT2D eigenvalue weighted by molar-refractivity contribution is 6.09. The van der Waals surface area contributed by atoms with E-state index in [0.717, 1.165) is 25.9 Å². The quantitative estimate of drug-likeness (QED) is 0.743. The molecular formula is C21H21FN2O4. The fraction of sp³-hybridized carbons (Fsp3) is 0.286. The molecule has 0 atom stereocenters. The maximum atomic E-state index is 13.0. The summed E-state index contributed by atoms with van der Waals surface area (Å²) in [5, 5.41) is 2.55. The van der Waals surface area contributed by atoms with E-state index in [1.54, 1.807) is 29.2 Å². The number of nitrogens with one attached hydrogen (secondary N) is 1. The van der Waals surface area contributed by atoms with Crippen LogP contribution in [-0.4, -0.2) is 48.7 Å². The lowest BCUT2D eigenvalue weighted by Gasteiger charge is -2.15. The second kappa shape index (κ2) is 9.12. The molecule has 1 fully saturated rings. The number of halogens is 1. The molecule has 146 valence electrons. The predicted octanol–water partition coefficient (Wildman–Crippen LogP) is 2.17. The van der Waals surface area contributed by atoms with Crippen molar-refractivity contribution in [3.05, 3.63) is 65.5 Å². The van der Waals surface area contributed by atoms with Crippen LogP contribution in [0.15, 0.2) is 48.5 Å². The second-order valence-corrected chi connectivity index (χ2v) is 6.51. The first-order chi connectivity index (χ1) is 13.5. The molecule has 0 unspecified atom stereocenters. The molecule has 1 N–H and O–H groups in total. The Morgan fingerprint density at radius 1 is 0.929 bits per heavy atom. The van der Waals surface area contributed by atoms with Gasteiger partial charge in [-0.25, -0.2) is 4.39 Å². The Hall–Kier alpha value is -3.22. The predicted molar refractivity (Wildman–Crippen MR) is 101 cm³/mol. The van der Waals surface area contributed by atoms with Gasteiger partial charge in [0.05, 0.1) is 6.54 Å². The highest BCUT2D eigenvalue weighted by Gasteiger charge is 2.18. The van der Waals surface area contributed by atoms with Gasteiger partial charge in [-0.2, -0.15) is 0 Å². The van der Waals surface area contributed by atoms with Crippen molar-refractivity contribution in [3.63, 3.8) is 0 Å². The molecule has 2 aromatic rings. The van der Waals surface area contributed by atoms with Gasteiger partial charge in [-0.3, -0.25) is 14.4 Å². The van der Waals surface area contributed by atoms with Crippen molar-refractivity contribution < 1.29 is 23.5 Å². The first-order valence-electron chi connectivity index (χ1n) is 9.10. The molecule has 6 nitrogen and oxygen atoms in total. The fourth-order valence-electron chi connectivity index (χ4n) is 2.92. The Labute approximate surface area is 162 Å². The monoisotopic (exact) mass is 384 g/mol. The van der Waals surface area contributed by atoms with Gasteiger partial charge in [-0.05, 0) is 61.4 Å². The Kier molecular flexibility index (Phi) is 6.37. The number of amides is 2. The van der Waals surface area contributed by atoms with Crippen molar-refractivity contribution in [1.82, 2.24) is 10.2 Å². The van der Waals surface area contributed by atoms with Crippen LogP contribution in [-0.2, 0) is 9.59 Å². The smallest absolute Gasteiger partial charge is 0.258 e. The van der Waals surface area contributed by atoms with Gasteiger partial charge in [0.15, 0.2) is 12.4 Å². The van der Waals surface area contributed by atoms with Crippen LogP contribution in [0.3, 0.4) is 0 Å². The van der Waals surface area contributed by atoms with E-state index in [2.05, 4.69) is 5.32 Å². The second-order valence-electron chi connectivity index (χ2n) is 6.51. The molecule has 28 heavy (non-hydrogen) atoms. The van der Waals surface area contributed by atoms with Crippen molar-refractivity contribution in [2.45, 2.75) is 12.8 Å². The molecule has 2 amide bonds. The molecule has 0 radical (unpaired) electrons. The average molecular weight is 384 g/mol. The number of carbonyl (C=O) groups excluding carboxylic acids is 3. The third-order valence-corrected chi connectivity index (χ3v) is 4.49. The van der Waals surface area contributed by atoms with Gasteiger partial charge in [0.1, 0.15) is 11.6 Å². The van der Waals surface area contributed by atoms with Gasteiger partial charge >= 0.3 is 0 Å². The molecule has 0 spiro atoms.